The molecule has 1 aromatic heterocycles. The predicted octanol–water partition coefficient (Wildman–Crippen LogP) is 3.93. The molecule has 0 radical (unpaired) electrons. The number of aromatic nitrogens is 2. The second-order valence-electron chi connectivity index (χ2n) is 7.42. The molecule has 2 aromatic rings. The maximum atomic E-state index is 14.0. The Morgan fingerprint density at radius 3 is 2.81 bits per heavy atom. The molecule has 1 aromatic carbocycles. The van der Waals surface area contributed by atoms with Crippen LogP contribution in [0.3, 0.4) is 0 Å². The van der Waals surface area contributed by atoms with Crippen LogP contribution in [0.1, 0.15) is 36.9 Å². The van der Waals surface area contributed by atoms with Crippen molar-refractivity contribution in [2.75, 3.05) is 7.05 Å². The molecule has 5 rings (SSSR count). The lowest BCUT2D eigenvalue weighted by Gasteiger charge is -2.42. The van der Waals surface area contributed by atoms with Crippen molar-refractivity contribution in [3.63, 3.8) is 0 Å². The molecule has 1 saturated carbocycles. The number of fused-ring (bicyclic) bond motifs is 3. The first kappa shape index (κ1) is 18.7. The third-order valence-corrected chi connectivity index (χ3v) is 5.73. The topological polar surface area (TPSA) is 48.3 Å². The molecule has 3 heterocycles. The molecule has 27 heavy (non-hydrogen) atoms. The first-order chi connectivity index (χ1) is 13.1. The van der Waals surface area contributed by atoms with Crippen molar-refractivity contribution in [3.05, 3.63) is 46.4 Å². The number of hydrogen-bond acceptors (Lipinski definition) is 4. The Morgan fingerprint density at radius 2 is 2.11 bits per heavy atom. The molecule has 146 valence electrons. The third kappa shape index (κ3) is 4.28. The van der Waals surface area contributed by atoms with E-state index in [2.05, 4.69) is 10.4 Å². The molecule has 1 N–H and O–H groups in total. The van der Waals surface area contributed by atoms with E-state index in [0.717, 1.165) is 5.69 Å². The lowest BCUT2D eigenvalue weighted by atomic mass is 9.80. The Hall–Kier alpha value is -1.63. The SMILES string of the molecule is CNCc1cc(OCc2cc(Cl)ccc2F)n(CC2OC3CCC2CC3)n1. The number of halogens is 2. The van der Waals surface area contributed by atoms with Crippen LogP contribution in [-0.4, -0.2) is 29.0 Å². The zero-order chi connectivity index (χ0) is 18.8. The van der Waals surface area contributed by atoms with E-state index in [4.69, 9.17) is 21.1 Å². The molecule has 2 aliphatic heterocycles. The summed E-state index contributed by atoms with van der Waals surface area (Å²) in [6, 6.07) is 6.39. The summed E-state index contributed by atoms with van der Waals surface area (Å²) >= 11 is 5.98. The molecule has 5 nitrogen and oxygen atoms in total. The van der Waals surface area contributed by atoms with Gasteiger partial charge in [0, 0.05) is 23.2 Å². The largest absolute Gasteiger partial charge is 0.473 e. The van der Waals surface area contributed by atoms with Gasteiger partial charge in [-0.3, -0.25) is 0 Å². The van der Waals surface area contributed by atoms with E-state index in [1.165, 1.54) is 37.8 Å². The lowest BCUT2D eigenvalue weighted by Crippen LogP contribution is -2.43. The lowest BCUT2D eigenvalue weighted by molar-refractivity contribution is -0.131. The fourth-order valence-corrected chi connectivity index (χ4v) is 4.28. The van der Waals surface area contributed by atoms with E-state index in [1.807, 2.05) is 17.8 Å². The van der Waals surface area contributed by atoms with E-state index in [9.17, 15) is 4.39 Å². The van der Waals surface area contributed by atoms with Gasteiger partial charge in [-0.25, -0.2) is 9.07 Å². The summed E-state index contributed by atoms with van der Waals surface area (Å²) in [6.07, 6.45) is 5.35. The first-order valence-corrected chi connectivity index (χ1v) is 9.93. The molecule has 7 heteroatoms. The predicted molar refractivity (Wildman–Crippen MR) is 101 cm³/mol. The van der Waals surface area contributed by atoms with Gasteiger partial charge in [-0.1, -0.05) is 11.6 Å². The van der Waals surface area contributed by atoms with Gasteiger partial charge in [-0.2, -0.15) is 5.10 Å². The molecule has 1 aliphatic carbocycles. The number of rotatable bonds is 7. The van der Waals surface area contributed by atoms with E-state index in [1.54, 1.807) is 6.07 Å². The molecule has 1 unspecified atom stereocenters. The Morgan fingerprint density at radius 1 is 1.30 bits per heavy atom. The Bertz CT molecular complexity index is 790. The minimum atomic E-state index is -0.325. The monoisotopic (exact) mass is 393 g/mol. The average molecular weight is 394 g/mol. The quantitative estimate of drug-likeness (QED) is 0.774. The van der Waals surface area contributed by atoms with Crippen LogP contribution in [0.2, 0.25) is 5.02 Å². The standard InChI is InChI=1S/C20H25ClFN3O2/c1-23-10-16-9-20(26-12-14-8-15(21)4-7-18(14)22)25(24-16)11-19-13-2-5-17(27-19)6-3-13/h4,7-9,13,17,19,23H,2-3,5-6,10-12H2,1H3. The van der Waals surface area contributed by atoms with Crippen molar-refractivity contribution in [2.24, 2.45) is 5.92 Å². The summed E-state index contributed by atoms with van der Waals surface area (Å²) in [5.41, 5.74) is 1.32. The van der Waals surface area contributed by atoms with Crippen LogP contribution < -0.4 is 10.1 Å². The Balaban J connectivity index is 1.50. The highest BCUT2D eigenvalue weighted by Crippen LogP contribution is 2.38. The highest BCUT2D eigenvalue weighted by molar-refractivity contribution is 6.30. The van der Waals surface area contributed by atoms with E-state index in [-0.39, 0.29) is 18.5 Å². The number of ether oxygens (including phenoxy) is 2. The Kier molecular flexibility index (Phi) is 5.66. The molecule has 0 amide bonds. The van der Waals surface area contributed by atoms with Crippen molar-refractivity contribution in [3.8, 4) is 5.88 Å². The minimum Gasteiger partial charge on any atom is -0.473 e. The van der Waals surface area contributed by atoms with Gasteiger partial charge in [0.25, 0.3) is 0 Å². The second-order valence-corrected chi connectivity index (χ2v) is 7.86. The van der Waals surface area contributed by atoms with E-state index >= 15 is 0 Å². The maximum Gasteiger partial charge on any atom is 0.212 e. The van der Waals surface area contributed by atoms with Crippen LogP contribution in [0.25, 0.3) is 0 Å². The van der Waals surface area contributed by atoms with E-state index in [0.29, 0.717) is 41.6 Å². The molecule has 3 fully saturated rings. The van der Waals surface area contributed by atoms with Gasteiger partial charge in [-0.05, 0) is 56.8 Å². The summed E-state index contributed by atoms with van der Waals surface area (Å²) in [5, 5.41) is 8.26. The second kappa shape index (κ2) is 8.17. The van der Waals surface area contributed by atoms with Gasteiger partial charge >= 0.3 is 0 Å². The van der Waals surface area contributed by atoms with Gasteiger partial charge in [0.1, 0.15) is 12.4 Å². The van der Waals surface area contributed by atoms with Gasteiger partial charge in [0.15, 0.2) is 0 Å². The summed E-state index contributed by atoms with van der Waals surface area (Å²) in [6.45, 7) is 1.42. The molecule has 1 atom stereocenters. The number of nitrogens with zero attached hydrogens (tertiary/aromatic N) is 2. The number of nitrogens with one attached hydrogen (secondary N) is 1. The van der Waals surface area contributed by atoms with Crippen LogP contribution >= 0.6 is 11.6 Å². The number of benzene rings is 1. The van der Waals surface area contributed by atoms with Gasteiger partial charge in [-0.15, -0.1) is 0 Å². The van der Waals surface area contributed by atoms with Gasteiger partial charge in [0.2, 0.25) is 5.88 Å². The van der Waals surface area contributed by atoms with Crippen LogP contribution in [-0.2, 0) is 24.4 Å². The molecule has 2 saturated heterocycles. The molecule has 0 spiro atoms. The zero-order valence-corrected chi connectivity index (χ0v) is 16.2. The summed E-state index contributed by atoms with van der Waals surface area (Å²) < 4.78 is 28.0. The van der Waals surface area contributed by atoms with Crippen LogP contribution in [0.15, 0.2) is 24.3 Å². The smallest absolute Gasteiger partial charge is 0.212 e. The molecular weight excluding hydrogens is 369 g/mol. The minimum absolute atomic E-state index is 0.106. The van der Waals surface area contributed by atoms with Crippen molar-refractivity contribution in [2.45, 2.75) is 57.6 Å². The maximum absolute atomic E-state index is 14.0. The van der Waals surface area contributed by atoms with Crippen molar-refractivity contribution in [1.29, 1.82) is 0 Å². The van der Waals surface area contributed by atoms with Crippen LogP contribution in [0.4, 0.5) is 4.39 Å². The van der Waals surface area contributed by atoms with Gasteiger partial charge in [0.05, 0.1) is 24.4 Å². The Labute approximate surface area is 163 Å². The average Bonchev–Trinajstić information content (AvgIpc) is 3.05. The normalized spacial score (nSPS) is 24.3. The fraction of sp³-hybridized carbons (Fsp3) is 0.550. The highest BCUT2D eigenvalue weighted by atomic mass is 35.5. The summed E-state index contributed by atoms with van der Waals surface area (Å²) in [7, 11) is 1.88. The summed E-state index contributed by atoms with van der Waals surface area (Å²) in [4.78, 5) is 0. The van der Waals surface area contributed by atoms with Crippen molar-refractivity contribution < 1.29 is 13.9 Å². The molecular formula is C20H25ClFN3O2. The van der Waals surface area contributed by atoms with Crippen molar-refractivity contribution >= 4 is 11.6 Å². The highest BCUT2D eigenvalue weighted by Gasteiger charge is 2.37. The first-order valence-electron chi connectivity index (χ1n) is 9.56. The molecule has 2 bridgehead atoms. The fourth-order valence-electron chi connectivity index (χ4n) is 4.09. The zero-order valence-electron chi connectivity index (χ0n) is 15.5. The number of hydrogen-bond donors (Lipinski definition) is 1. The summed E-state index contributed by atoms with van der Waals surface area (Å²) in [5.74, 6) is 0.892. The molecule has 3 aliphatic rings. The van der Waals surface area contributed by atoms with Crippen LogP contribution in [0, 0.1) is 11.7 Å². The third-order valence-electron chi connectivity index (χ3n) is 5.50. The van der Waals surface area contributed by atoms with Crippen molar-refractivity contribution in [1.82, 2.24) is 15.1 Å². The van der Waals surface area contributed by atoms with E-state index < -0.39 is 0 Å². The van der Waals surface area contributed by atoms with Crippen LogP contribution in [0.5, 0.6) is 5.88 Å². The van der Waals surface area contributed by atoms with Gasteiger partial charge < -0.3 is 14.8 Å².